The molecule has 0 aromatic heterocycles. The molecule has 2 unspecified atom stereocenters. The summed E-state index contributed by atoms with van der Waals surface area (Å²) >= 11 is 0. The van der Waals surface area contributed by atoms with Crippen LogP contribution in [0.15, 0.2) is 40.5 Å². The van der Waals surface area contributed by atoms with Gasteiger partial charge in [-0.05, 0) is 43.4 Å². The first-order chi connectivity index (χ1) is 11.7. The lowest BCUT2D eigenvalue weighted by Crippen LogP contribution is -2.39. The molecule has 1 fully saturated rings. The maximum atomic E-state index is 12.7. The van der Waals surface area contributed by atoms with Crippen LogP contribution in [-0.4, -0.2) is 17.3 Å². The van der Waals surface area contributed by atoms with Gasteiger partial charge >= 0.3 is 0 Å². The van der Waals surface area contributed by atoms with E-state index < -0.39 is 0 Å². The average molecular weight is 318 g/mol. The van der Waals surface area contributed by atoms with E-state index in [-0.39, 0.29) is 23.4 Å². The summed E-state index contributed by atoms with van der Waals surface area (Å²) in [7, 11) is 0. The molecule has 4 rings (SSSR count). The fraction of sp³-hybridized carbons (Fsp3) is 0.400. The number of nitriles is 1. The average Bonchev–Trinajstić information content (AvgIpc) is 2.60. The van der Waals surface area contributed by atoms with Crippen molar-refractivity contribution in [2.24, 2.45) is 10.9 Å². The van der Waals surface area contributed by atoms with Crippen molar-refractivity contribution in [3.8, 4) is 6.07 Å². The van der Waals surface area contributed by atoms with E-state index in [0.29, 0.717) is 18.4 Å². The van der Waals surface area contributed by atoms with Crippen molar-refractivity contribution in [1.82, 2.24) is 0 Å². The zero-order valence-corrected chi connectivity index (χ0v) is 13.4. The Labute approximate surface area is 140 Å². The number of rotatable bonds is 1. The monoisotopic (exact) mass is 318 g/mol. The van der Waals surface area contributed by atoms with Gasteiger partial charge in [0.25, 0.3) is 0 Å². The molecule has 1 heterocycles. The van der Waals surface area contributed by atoms with E-state index in [4.69, 9.17) is 4.99 Å². The largest absolute Gasteiger partial charge is 0.299 e. The molecule has 24 heavy (non-hydrogen) atoms. The van der Waals surface area contributed by atoms with Gasteiger partial charge in [-0.25, -0.2) is 0 Å². The van der Waals surface area contributed by atoms with Crippen molar-refractivity contribution < 1.29 is 9.59 Å². The van der Waals surface area contributed by atoms with E-state index in [1.807, 2.05) is 18.2 Å². The Bertz CT molecular complexity index is 841. The number of benzene rings is 1. The van der Waals surface area contributed by atoms with Gasteiger partial charge in [0.2, 0.25) is 0 Å². The third kappa shape index (κ3) is 2.32. The molecule has 4 nitrogen and oxygen atoms in total. The summed E-state index contributed by atoms with van der Waals surface area (Å²) in [5.74, 6) is -0.294. The zero-order chi connectivity index (χ0) is 16.7. The fourth-order valence-electron chi connectivity index (χ4n) is 4.26. The molecule has 1 aromatic rings. The van der Waals surface area contributed by atoms with Gasteiger partial charge in [-0.2, -0.15) is 5.26 Å². The first-order valence-corrected chi connectivity index (χ1v) is 8.55. The van der Waals surface area contributed by atoms with Crippen LogP contribution in [0.4, 0.5) is 0 Å². The van der Waals surface area contributed by atoms with Crippen molar-refractivity contribution in [1.29, 1.82) is 5.26 Å². The molecule has 4 heteroatoms. The number of ketones is 2. The Morgan fingerprint density at radius 3 is 2.71 bits per heavy atom. The highest BCUT2D eigenvalue weighted by molar-refractivity contribution is 6.12. The molecular weight excluding hydrogens is 300 g/mol. The van der Waals surface area contributed by atoms with Crippen LogP contribution in [0.3, 0.4) is 0 Å². The summed E-state index contributed by atoms with van der Waals surface area (Å²) in [5.41, 5.74) is 3.99. The van der Waals surface area contributed by atoms with Crippen molar-refractivity contribution in [2.75, 3.05) is 0 Å². The second kappa shape index (κ2) is 5.83. The van der Waals surface area contributed by atoms with Crippen LogP contribution in [0.2, 0.25) is 0 Å². The highest BCUT2D eigenvalue weighted by Gasteiger charge is 2.44. The van der Waals surface area contributed by atoms with E-state index in [9.17, 15) is 14.9 Å². The van der Waals surface area contributed by atoms with Gasteiger partial charge in [0.1, 0.15) is 5.78 Å². The predicted octanol–water partition coefficient (Wildman–Crippen LogP) is 3.47. The van der Waals surface area contributed by atoms with Gasteiger partial charge < -0.3 is 0 Å². The van der Waals surface area contributed by atoms with Crippen LogP contribution >= 0.6 is 0 Å². The predicted molar refractivity (Wildman–Crippen MR) is 89.6 cm³/mol. The maximum absolute atomic E-state index is 12.7. The topological polar surface area (TPSA) is 70.3 Å². The maximum Gasteiger partial charge on any atom is 0.161 e. The third-order valence-corrected chi connectivity index (χ3v) is 5.29. The smallest absolute Gasteiger partial charge is 0.161 e. The SMILES string of the molecule is N#Cc1cccc(C2C3=C(CCCC3=O)N=C3CCCC(=O)C32)c1. The van der Waals surface area contributed by atoms with E-state index in [1.54, 1.807) is 6.07 Å². The van der Waals surface area contributed by atoms with Gasteiger partial charge in [0.15, 0.2) is 5.78 Å². The Kier molecular flexibility index (Phi) is 3.65. The number of hydrogen-bond acceptors (Lipinski definition) is 4. The minimum absolute atomic E-state index is 0.116. The third-order valence-electron chi connectivity index (χ3n) is 5.29. The van der Waals surface area contributed by atoms with Crippen LogP contribution in [0.1, 0.15) is 55.6 Å². The zero-order valence-electron chi connectivity index (χ0n) is 13.4. The highest BCUT2D eigenvalue weighted by atomic mass is 16.1. The van der Waals surface area contributed by atoms with E-state index >= 15 is 0 Å². The molecule has 0 N–H and O–H groups in total. The summed E-state index contributed by atoms with van der Waals surface area (Å²) < 4.78 is 0. The summed E-state index contributed by atoms with van der Waals surface area (Å²) in [6.07, 6.45) is 4.39. The van der Waals surface area contributed by atoms with Crippen LogP contribution in [0, 0.1) is 17.2 Å². The van der Waals surface area contributed by atoms with Crippen LogP contribution < -0.4 is 0 Å². The number of allylic oxidation sites excluding steroid dienone is 2. The molecule has 1 aliphatic heterocycles. The van der Waals surface area contributed by atoms with Crippen LogP contribution in [-0.2, 0) is 9.59 Å². The number of hydrogen-bond donors (Lipinski definition) is 0. The molecule has 2 aliphatic carbocycles. The van der Waals surface area contributed by atoms with Gasteiger partial charge in [-0.1, -0.05) is 12.1 Å². The minimum Gasteiger partial charge on any atom is -0.299 e. The summed E-state index contributed by atoms with van der Waals surface area (Å²) in [5, 5.41) is 9.21. The van der Waals surface area contributed by atoms with Crippen molar-refractivity contribution >= 4 is 17.3 Å². The second-order valence-corrected chi connectivity index (χ2v) is 6.75. The number of nitrogens with zero attached hydrogens (tertiary/aromatic N) is 2. The normalized spacial score (nSPS) is 26.4. The summed E-state index contributed by atoms with van der Waals surface area (Å²) in [4.78, 5) is 30.0. The molecule has 0 saturated heterocycles. The highest BCUT2D eigenvalue weighted by Crippen LogP contribution is 2.45. The molecule has 1 saturated carbocycles. The quantitative estimate of drug-likeness (QED) is 0.796. The Balaban J connectivity index is 1.91. The number of carbonyl (C=O) groups is 2. The Morgan fingerprint density at radius 1 is 1.04 bits per heavy atom. The van der Waals surface area contributed by atoms with Crippen molar-refractivity contribution in [3.05, 3.63) is 46.7 Å². The van der Waals surface area contributed by atoms with E-state index in [2.05, 4.69) is 6.07 Å². The lowest BCUT2D eigenvalue weighted by molar-refractivity contribution is -0.122. The first-order valence-electron chi connectivity index (χ1n) is 8.55. The number of Topliss-reactive ketones (excluding diaryl/α,β-unsaturated/α-hetero) is 2. The van der Waals surface area contributed by atoms with E-state index in [0.717, 1.165) is 48.2 Å². The van der Waals surface area contributed by atoms with Gasteiger partial charge in [-0.3, -0.25) is 14.6 Å². The van der Waals surface area contributed by atoms with Gasteiger partial charge in [-0.15, -0.1) is 0 Å². The number of carbonyl (C=O) groups excluding carboxylic acids is 2. The lowest BCUT2D eigenvalue weighted by atomic mass is 9.67. The van der Waals surface area contributed by atoms with Gasteiger partial charge in [0.05, 0.1) is 17.6 Å². The minimum atomic E-state index is -0.325. The molecule has 1 aromatic carbocycles. The lowest BCUT2D eigenvalue weighted by Gasteiger charge is -2.37. The standard InChI is InChI=1S/C20H18N2O2/c21-11-12-4-1-5-13(10-12)18-19-14(6-2-8-16(19)23)22-15-7-3-9-17(24)20(15)18/h1,4-5,10,18-19H,2-3,6-9H2. The Morgan fingerprint density at radius 2 is 1.88 bits per heavy atom. The summed E-state index contributed by atoms with van der Waals surface area (Å²) in [6, 6.07) is 9.50. The summed E-state index contributed by atoms with van der Waals surface area (Å²) in [6.45, 7) is 0. The first kappa shape index (κ1) is 15.0. The molecule has 2 atom stereocenters. The van der Waals surface area contributed by atoms with Crippen molar-refractivity contribution in [2.45, 2.75) is 44.4 Å². The molecule has 120 valence electrons. The van der Waals surface area contributed by atoms with Crippen LogP contribution in [0.5, 0.6) is 0 Å². The van der Waals surface area contributed by atoms with Crippen molar-refractivity contribution in [3.63, 3.8) is 0 Å². The van der Waals surface area contributed by atoms with Crippen LogP contribution in [0.25, 0.3) is 0 Å². The van der Waals surface area contributed by atoms with E-state index in [1.165, 1.54) is 0 Å². The molecule has 0 amide bonds. The molecular formula is C20H18N2O2. The second-order valence-electron chi connectivity index (χ2n) is 6.75. The fourth-order valence-corrected chi connectivity index (χ4v) is 4.26. The number of aliphatic imine (C=N–C) groups is 1. The Hall–Kier alpha value is -2.54. The number of fused-ring (bicyclic) bond motifs is 1. The molecule has 0 spiro atoms. The van der Waals surface area contributed by atoms with Gasteiger partial charge in [0, 0.05) is 35.7 Å². The molecule has 0 radical (unpaired) electrons. The molecule has 0 bridgehead atoms. The molecule has 3 aliphatic rings.